The number of nitrogens with two attached hydrogens (primary N) is 1. The summed E-state index contributed by atoms with van der Waals surface area (Å²) in [6, 6.07) is 5.23. The quantitative estimate of drug-likeness (QED) is 0.447. The predicted octanol–water partition coefficient (Wildman–Crippen LogP) is 5.88. The summed E-state index contributed by atoms with van der Waals surface area (Å²) in [5, 5.41) is 3.08. The molecule has 0 spiro atoms. The fraction of sp³-hybridized carbons (Fsp3) is 0.464. The molecule has 1 aliphatic carbocycles. The first-order valence-electron chi connectivity index (χ1n) is 13.0. The van der Waals surface area contributed by atoms with Crippen molar-refractivity contribution in [3.05, 3.63) is 59.8 Å². The fourth-order valence-corrected chi connectivity index (χ4v) is 6.02. The van der Waals surface area contributed by atoms with E-state index in [0.29, 0.717) is 30.3 Å². The molecule has 1 aliphatic heterocycles. The van der Waals surface area contributed by atoms with Gasteiger partial charge in [-0.25, -0.2) is 13.2 Å². The predicted molar refractivity (Wildman–Crippen MR) is 139 cm³/mol. The van der Waals surface area contributed by atoms with Gasteiger partial charge in [-0.05, 0) is 80.2 Å². The van der Waals surface area contributed by atoms with Crippen LogP contribution in [0, 0.1) is 11.7 Å². The zero-order valence-corrected chi connectivity index (χ0v) is 20.8. The van der Waals surface area contributed by atoms with E-state index in [1.807, 2.05) is 6.07 Å². The highest BCUT2D eigenvalue weighted by molar-refractivity contribution is 6.12. The van der Waals surface area contributed by atoms with Crippen LogP contribution in [0.25, 0.3) is 10.9 Å². The number of amides is 1. The number of anilines is 2. The van der Waals surface area contributed by atoms with Gasteiger partial charge in [-0.3, -0.25) is 14.8 Å². The SMILES string of the molecule is CC1CC(N)CC(c2ccncc2NC(=O)c2ccc(F)c3cc(N4CCCCC4C(F)F)cnc23)C1. The van der Waals surface area contributed by atoms with Gasteiger partial charge in [-0.2, -0.15) is 0 Å². The third-order valence-corrected chi connectivity index (χ3v) is 7.72. The Labute approximate surface area is 214 Å². The molecule has 2 aliphatic rings. The van der Waals surface area contributed by atoms with E-state index >= 15 is 0 Å². The van der Waals surface area contributed by atoms with Gasteiger partial charge < -0.3 is 16.0 Å². The maximum Gasteiger partial charge on any atom is 0.258 e. The number of nitrogens with zero attached hydrogens (tertiary/aromatic N) is 3. The molecule has 2 fully saturated rings. The van der Waals surface area contributed by atoms with Crippen molar-refractivity contribution < 1.29 is 18.0 Å². The Morgan fingerprint density at radius 3 is 2.78 bits per heavy atom. The van der Waals surface area contributed by atoms with Gasteiger partial charge in [0.1, 0.15) is 5.82 Å². The summed E-state index contributed by atoms with van der Waals surface area (Å²) in [7, 11) is 0. The molecule has 3 heterocycles. The standard InChI is InChI=1S/C28H32F3N5O/c1-16-10-17(12-18(32)11-16)20-7-8-33-15-24(20)35-28(37)21-5-6-23(29)22-13-19(14-34-26(21)22)36-9-3-2-4-25(36)27(30)31/h5-8,13-18,25,27H,2-4,9-12,32H2,1H3,(H,35,37). The van der Waals surface area contributed by atoms with Gasteiger partial charge in [0.15, 0.2) is 0 Å². The number of hydrogen-bond acceptors (Lipinski definition) is 5. The number of alkyl halides is 2. The number of carbonyl (C=O) groups is 1. The summed E-state index contributed by atoms with van der Waals surface area (Å²) in [6.45, 7) is 2.64. The van der Waals surface area contributed by atoms with Crippen molar-refractivity contribution in [2.45, 2.75) is 69.9 Å². The monoisotopic (exact) mass is 511 g/mol. The van der Waals surface area contributed by atoms with Crippen LogP contribution in [0.2, 0.25) is 0 Å². The Morgan fingerprint density at radius 2 is 2.00 bits per heavy atom. The number of carbonyl (C=O) groups excluding carboxylic acids is 1. The molecule has 9 heteroatoms. The third kappa shape index (κ3) is 5.28. The van der Waals surface area contributed by atoms with Gasteiger partial charge in [0.25, 0.3) is 12.3 Å². The Balaban J connectivity index is 1.45. The normalized spacial score (nSPS) is 24.4. The second-order valence-electron chi connectivity index (χ2n) is 10.5. The van der Waals surface area contributed by atoms with Crippen molar-refractivity contribution in [1.82, 2.24) is 9.97 Å². The first kappa shape index (κ1) is 25.4. The molecule has 5 rings (SSSR count). The van der Waals surface area contributed by atoms with Gasteiger partial charge >= 0.3 is 0 Å². The second-order valence-corrected chi connectivity index (χ2v) is 10.5. The number of nitrogens with one attached hydrogen (secondary N) is 1. The highest BCUT2D eigenvalue weighted by atomic mass is 19.3. The van der Waals surface area contributed by atoms with Gasteiger partial charge in [0.05, 0.1) is 40.9 Å². The van der Waals surface area contributed by atoms with E-state index in [-0.39, 0.29) is 28.4 Å². The molecular weight excluding hydrogens is 479 g/mol. The Bertz CT molecular complexity index is 1280. The van der Waals surface area contributed by atoms with E-state index in [2.05, 4.69) is 22.2 Å². The largest absolute Gasteiger partial charge is 0.362 e. The summed E-state index contributed by atoms with van der Waals surface area (Å²) in [4.78, 5) is 23.6. The van der Waals surface area contributed by atoms with Crippen LogP contribution in [-0.4, -0.2) is 40.9 Å². The molecule has 0 bridgehead atoms. The number of fused-ring (bicyclic) bond motifs is 1. The van der Waals surface area contributed by atoms with E-state index in [0.717, 1.165) is 37.7 Å². The lowest BCUT2D eigenvalue weighted by atomic mass is 9.76. The van der Waals surface area contributed by atoms with Gasteiger partial charge in [0, 0.05) is 24.2 Å². The number of hydrogen-bond donors (Lipinski definition) is 2. The molecule has 4 unspecified atom stereocenters. The molecule has 1 aromatic carbocycles. The van der Waals surface area contributed by atoms with Crippen LogP contribution in [0.4, 0.5) is 24.5 Å². The minimum atomic E-state index is -2.51. The van der Waals surface area contributed by atoms with Crippen LogP contribution >= 0.6 is 0 Å². The van der Waals surface area contributed by atoms with Crippen LogP contribution in [-0.2, 0) is 0 Å². The number of rotatable bonds is 5. The van der Waals surface area contributed by atoms with E-state index < -0.39 is 24.2 Å². The smallest absolute Gasteiger partial charge is 0.258 e. The third-order valence-electron chi connectivity index (χ3n) is 7.72. The topological polar surface area (TPSA) is 84.1 Å². The summed E-state index contributed by atoms with van der Waals surface area (Å²) in [5.41, 5.74) is 8.68. The number of piperidine rings is 1. The van der Waals surface area contributed by atoms with Gasteiger partial charge in [-0.15, -0.1) is 0 Å². The van der Waals surface area contributed by atoms with Crippen molar-refractivity contribution in [3.8, 4) is 0 Å². The van der Waals surface area contributed by atoms with Crippen LogP contribution in [0.3, 0.4) is 0 Å². The highest BCUT2D eigenvalue weighted by Crippen LogP contribution is 2.38. The number of pyridine rings is 2. The van der Waals surface area contributed by atoms with Crippen LogP contribution in [0.5, 0.6) is 0 Å². The van der Waals surface area contributed by atoms with Crippen molar-refractivity contribution >= 4 is 28.2 Å². The van der Waals surface area contributed by atoms with E-state index in [9.17, 15) is 18.0 Å². The lowest BCUT2D eigenvalue weighted by molar-refractivity contribution is 0.0999. The number of halogens is 3. The zero-order valence-electron chi connectivity index (χ0n) is 20.8. The molecule has 4 atom stereocenters. The first-order chi connectivity index (χ1) is 17.8. The van der Waals surface area contributed by atoms with Crippen molar-refractivity contribution in [2.75, 3.05) is 16.8 Å². The fourth-order valence-electron chi connectivity index (χ4n) is 6.02. The number of aromatic nitrogens is 2. The van der Waals surface area contributed by atoms with E-state index in [1.54, 1.807) is 17.3 Å². The van der Waals surface area contributed by atoms with Crippen LogP contribution in [0.1, 0.15) is 67.3 Å². The molecular formula is C28H32F3N5O. The molecule has 3 aromatic rings. The Hall–Kier alpha value is -3.20. The lowest BCUT2D eigenvalue weighted by Crippen LogP contribution is -2.44. The maximum atomic E-state index is 14.9. The second kappa shape index (κ2) is 10.7. The molecule has 1 saturated heterocycles. The van der Waals surface area contributed by atoms with Crippen molar-refractivity contribution in [3.63, 3.8) is 0 Å². The number of benzene rings is 1. The summed E-state index contributed by atoms with van der Waals surface area (Å²) >= 11 is 0. The molecule has 3 N–H and O–H groups in total. The molecule has 6 nitrogen and oxygen atoms in total. The Morgan fingerprint density at radius 1 is 1.16 bits per heavy atom. The highest BCUT2D eigenvalue weighted by Gasteiger charge is 2.31. The van der Waals surface area contributed by atoms with Gasteiger partial charge in [-0.1, -0.05) is 6.92 Å². The minimum absolute atomic E-state index is 0.106. The average Bonchev–Trinajstić information content (AvgIpc) is 2.88. The van der Waals surface area contributed by atoms with Crippen molar-refractivity contribution in [2.24, 2.45) is 11.7 Å². The zero-order chi connectivity index (χ0) is 26.1. The van der Waals surface area contributed by atoms with Crippen molar-refractivity contribution in [1.29, 1.82) is 0 Å². The average molecular weight is 512 g/mol. The van der Waals surface area contributed by atoms with Gasteiger partial charge in [0.2, 0.25) is 0 Å². The maximum absolute atomic E-state index is 14.9. The summed E-state index contributed by atoms with van der Waals surface area (Å²) in [5.74, 6) is -0.306. The summed E-state index contributed by atoms with van der Waals surface area (Å²) < 4.78 is 42.1. The molecule has 1 saturated carbocycles. The molecule has 0 radical (unpaired) electrons. The van der Waals surface area contributed by atoms with E-state index in [1.165, 1.54) is 24.4 Å². The Kier molecular flexibility index (Phi) is 7.33. The lowest BCUT2D eigenvalue weighted by Gasteiger charge is -2.36. The van der Waals surface area contributed by atoms with Crippen LogP contribution in [0.15, 0.2) is 42.9 Å². The minimum Gasteiger partial charge on any atom is -0.362 e. The van der Waals surface area contributed by atoms with Crippen LogP contribution < -0.4 is 16.0 Å². The molecule has 196 valence electrons. The van der Waals surface area contributed by atoms with E-state index in [4.69, 9.17) is 5.73 Å². The first-order valence-corrected chi connectivity index (χ1v) is 13.0. The molecule has 1 amide bonds. The molecule has 2 aromatic heterocycles. The molecule has 37 heavy (non-hydrogen) atoms. The summed E-state index contributed by atoms with van der Waals surface area (Å²) in [6.07, 6.45) is 6.95.